The van der Waals surface area contributed by atoms with Crippen LogP contribution >= 0.6 is 23.6 Å². The molecule has 164 valence electrons. The van der Waals surface area contributed by atoms with E-state index in [2.05, 4.69) is 10.4 Å². The van der Waals surface area contributed by atoms with Crippen molar-refractivity contribution < 1.29 is 18.3 Å². The highest BCUT2D eigenvalue weighted by Crippen LogP contribution is 2.35. The monoisotopic (exact) mass is 473 g/mol. The molecule has 1 atom stereocenters. The van der Waals surface area contributed by atoms with Crippen LogP contribution in [0.2, 0.25) is 0 Å². The number of carbonyl (C=O) groups is 1. The number of fused-ring (bicyclic) bond motifs is 1. The van der Waals surface area contributed by atoms with Crippen LogP contribution < -0.4 is 15.7 Å². The van der Waals surface area contributed by atoms with E-state index in [-0.39, 0.29) is 10.5 Å². The second-order valence-electron chi connectivity index (χ2n) is 6.98. The molecule has 2 aromatic carbocycles. The van der Waals surface area contributed by atoms with Crippen LogP contribution in [-0.4, -0.2) is 21.7 Å². The molecule has 0 aliphatic carbocycles. The molecule has 0 unspecified atom stereocenters. The number of thiophene rings is 1. The van der Waals surface area contributed by atoms with Gasteiger partial charge in [0, 0.05) is 16.5 Å². The molecule has 2 N–H and O–H groups in total. The second-order valence-corrected chi connectivity index (χ2v) is 8.60. The molecule has 0 bridgehead atoms. The van der Waals surface area contributed by atoms with Crippen molar-refractivity contribution in [1.29, 1.82) is 0 Å². The molecule has 4 aromatic rings. The number of benzene rings is 2. The van der Waals surface area contributed by atoms with Crippen LogP contribution in [0.5, 0.6) is 5.75 Å². The highest BCUT2D eigenvalue weighted by atomic mass is 32.1. The molecule has 2 heterocycles. The SMILES string of the molecule is Cc1sc2[nH]c(=S)n(NC(=O)[C@@H](C)Oc3ccc(F)cc3F)c(=O)c2c1-c1ccccc1. The number of ether oxygens (including phenoxy) is 1. The normalized spacial score (nSPS) is 12.0. The quantitative estimate of drug-likeness (QED) is 0.404. The van der Waals surface area contributed by atoms with Gasteiger partial charge < -0.3 is 9.72 Å². The van der Waals surface area contributed by atoms with Gasteiger partial charge in [-0.3, -0.25) is 15.0 Å². The lowest BCUT2D eigenvalue weighted by Gasteiger charge is -2.16. The van der Waals surface area contributed by atoms with Crippen LogP contribution in [0.25, 0.3) is 21.3 Å². The zero-order chi connectivity index (χ0) is 23.0. The summed E-state index contributed by atoms with van der Waals surface area (Å²) >= 11 is 6.66. The predicted molar refractivity (Wildman–Crippen MR) is 122 cm³/mol. The van der Waals surface area contributed by atoms with E-state index < -0.39 is 29.2 Å². The zero-order valence-electron chi connectivity index (χ0n) is 16.9. The van der Waals surface area contributed by atoms with Gasteiger partial charge >= 0.3 is 0 Å². The molecule has 0 saturated carbocycles. The molecule has 10 heteroatoms. The lowest BCUT2D eigenvalue weighted by molar-refractivity contribution is -0.123. The van der Waals surface area contributed by atoms with E-state index in [9.17, 15) is 18.4 Å². The molecule has 0 aliphatic heterocycles. The maximum absolute atomic E-state index is 13.8. The first-order valence-electron chi connectivity index (χ1n) is 9.52. The van der Waals surface area contributed by atoms with Gasteiger partial charge in [0.15, 0.2) is 17.7 Å². The van der Waals surface area contributed by atoms with Crippen molar-refractivity contribution in [3.05, 3.63) is 80.2 Å². The standard InChI is InChI=1S/C22H17F2N3O3S2/c1-11(30-16-9-8-14(23)10-15(16)24)19(28)26-27-21(29)18-17(13-6-4-3-5-7-13)12(2)32-20(18)25-22(27)31/h3-11H,1-2H3,(H,25,31)(H,26,28)/t11-/m1/s1. The van der Waals surface area contributed by atoms with Crippen LogP contribution in [0.15, 0.2) is 53.3 Å². The molecule has 0 radical (unpaired) electrons. The highest BCUT2D eigenvalue weighted by molar-refractivity contribution is 7.71. The van der Waals surface area contributed by atoms with Gasteiger partial charge in [-0.15, -0.1) is 11.3 Å². The van der Waals surface area contributed by atoms with E-state index in [1.165, 1.54) is 18.3 Å². The summed E-state index contributed by atoms with van der Waals surface area (Å²) < 4.78 is 33.1. The van der Waals surface area contributed by atoms with Crippen LogP contribution in [0, 0.1) is 23.3 Å². The number of halogens is 2. The highest BCUT2D eigenvalue weighted by Gasteiger charge is 2.21. The van der Waals surface area contributed by atoms with Crippen molar-refractivity contribution in [3.8, 4) is 16.9 Å². The number of rotatable bonds is 5. The van der Waals surface area contributed by atoms with Crippen molar-refractivity contribution in [2.75, 3.05) is 5.43 Å². The fourth-order valence-electron chi connectivity index (χ4n) is 3.26. The summed E-state index contributed by atoms with van der Waals surface area (Å²) in [6.07, 6.45) is -1.19. The molecular weight excluding hydrogens is 456 g/mol. The van der Waals surface area contributed by atoms with Crippen molar-refractivity contribution in [3.63, 3.8) is 0 Å². The fraction of sp³-hybridized carbons (Fsp3) is 0.136. The molecule has 32 heavy (non-hydrogen) atoms. The maximum Gasteiger partial charge on any atom is 0.282 e. The second kappa shape index (κ2) is 8.64. The molecule has 4 rings (SSSR count). The summed E-state index contributed by atoms with van der Waals surface area (Å²) in [6, 6.07) is 12.2. The van der Waals surface area contributed by atoms with E-state index >= 15 is 0 Å². The van der Waals surface area contributed by atoms with E-state index in [1.54, 1.807) is 0 Å². The number of H-pyrrole nitrogens is 1. The summed E-state index contributed by atoms with van der Waals surface area (Å²) in [5.74, 6) is -2.73. The largest absolute Gasteiger partial charge is 0.478 e. The van der Waals surface area contributed by atoms with E-state index in [0.717, 1.165) is 32.8 Å². The first kappa shape index (κ1) is 21.8. The Bertz CT molecular complexity index is 1440. The number of amides is 1. The van der Waals surface area contributed by atoms with Crippen LogP contribution in [0.3, 0.4) is 0 Å². The average Bonchev–Trinajstić information content (AvgIpc) is 3.09. The van der Waals surface area contributed by atoms with Gasteiger partial charge in [0.1, 0.15) is 10.6 Å². The van der Waals surface area contributed by atoms with Crippen LogP contribution in [0.1, 0.15) is 11.8 Å². The smallest absolute Gasteiger partial charge is 0.282 e. The number of aryl methyl sites for hydroxylation is 1. The van der Waals surface area contributed by atoms with Crippen molar-refractivity contribution in [2.45, 2.75) is 20.0 Å². The molecule has 1 amide bonds. The number of aromatic nitrogens is 2. The minimum absolute atomic E-state index is 0.00289. The molecule has 0 fully saturated rings. The molecule has 0 aliphatic rings. The summed E-state index contributed by atoms with van der Waals surface area (Å²) in [5, 5.41) is 0.394. The third-order valence-corrected chi connectivity index (χ3v) is 6.08. The van der Waals surface area contributed by atoms with Crippen LogP contribution in [0.4, 0.5) is 8.78 Å². The minimum atomic E-state index is -1.19. The molecule has 0 spiro atoms. The van der Waals surface area contributed by atoms with E-state index in [0.29, 0.717) is 16.3 Å². The Hall–Kier alpha value is -3.37. The Kier molecular flexibility index (Phi) is 5.90. The van der Waals surface area contributed by atoms with E-state index in [4.69, 9.17) is 17.0 Å². The topological polar surface area (TPSA) is 76.1 Å². The Morgan fingerprint density at radius 2 is 1.94 bits per heavy atom. The van der Waals surface area contributed by atoms with Gasteiger partial charge in [-0.1, -0.05) is 30.3 Å². The minimum Gasteiger partial charge on any atom is -0.478 e. The number of hydrogen-bond acceptors (Lipinski definition) is 5. The van der Waals surface area contributed by atoms with Gasteiger partial charge in [-0.2, -0.15) is 4.68 Å². The van der Waals surface area contributed by atoms with Gasteiger partial charge in [0.25, 0.3) is 11.5 Å². The predicted octanol–water partition coefficient (Wildman–Crippen LogP) is 4.91. The van der Waals surface area contributed by atoms with Crippen molar-refractivity contribution in [2.24, 2.45) is 0 Å². The first-order valence-corrected chi connectivity index (χ1v) is 10.7. The lowest BCUT2D eigenvalue weighted by Crippen LogP contribution is -2.40. The summed E-state index contributed by atoms with van der Waals surface area (Å²) in [5.41, 5.74) is 3.54. The molecule has 0 saturated heterocycles. The molecule has 6 nitrogen and oxygen atoms in total. The van der Waals surface area contributed by atoms with Gasteiger partial charge in [-0.05, 0) is 43.8 Å². The number of nitrogens with zero attached hydrogens (tertiary/aromatic N) is 1. The van der Waals surface area contributed by atoms with Gasteiger partial charge in [-0.25, -0.2) is 8.78 Å². The Labute approximate surface area is 190 Å². The van der Waals surface area contributed by atoms with Gasteiger partial charge in [0.05, 0.1) is 5.39 Å². The number of nitrogens with one attached hydrogen (secondary N) is 2. The average molecular weight is 474 g/mol. The van der Waals surface area contributed by atoms with Gasteiger partial charge in [0.2, 0.25) is 4.77 Å². The molecule has 2 aromatic heterocycles. The number of hydrogen-bond donors (Lipinski definition) is 2. The first-order chi connectivity index (χ1) is 15.3. The molecular formula is C22H17F2N3O3S2. The van der Waals surface area contributed by atoms with Crippen molar-refractivity contribution in [1.82, 2.24) is 9.66 Å². The maximum atomic E-state index is 13.8. The summed E-state index contributed by atoms with van der Waals surface area (Å²) in [7, 11) is 0. The number of aromatic amines is 1. The zero-order valence-corrected chi connectivity index (χ0v) is 18.6. The third kappa shape index (κ3) is 4.06. The fourth-order valence-corrected chi connectivity index (χ4v) is 4.63. The van der Waals surface area contributed by atoms with Crippen molar-refractivity contribution >= 4 is 39.7 Å². The third-order valence-electron chi connectivity index (χ3n) is 4.78. The Morgan fingerprint density at radius 1 is 1.22 bits per heavy atom. The Balaban J connectivity index is 1.69. The Morgan fingerprint density at radius 3 is 2.62 bits per heavy atom. The summed E-state index contributed by atoms with van der Waals surface area (Å²) in [6.45, 7) is 3.28. The van der Waals surface area contributed by atoms with E-state index in [1.807, 2.05) is 37.3 Å². The summed E-state index contributed by atoms with van der Waals surface area (Å²) in [4.78, 5) is 30.4. The number of carbonyl (C=O) groups excluding carboxylic acids is 1. The lowest BCUT2D eigenvalue weighted by atomic mass is 10.0. The van der Waals surface area contributed by atoms with Crippen LogP contribution in [-0.2, 0) is 4.79 Å².